The van der Waals surface area contributed by atoms with Crippen LogP contribution < -0.4 is 25.4 Å². The van der Waals surface area contributed by atoms with Gasteiger partial charge in [0.05, 0.1) is 92.9 Å². The number of sulfonamides is 2. The Balaban J connectivity index is 0.704. The normalized spacial score (nSPS) is 16.5. The van der Waals surface area contributed by atoms with Gasteiger partial charge in [-0.25, -0.2) is 34.7 Å². The second kappa shape index (κ2) is 46.3. The molecule has 26 nitrogen and oxygen atoms in total. The molecular weight excluding hydrogens is 1690 g/mol. The van der Waals surface area contributed by atoms with Gasteiger partial charge < -0.3 is 64.2 Å². The van der Waals surface area contributed by atoms with E-state index in [-0.39, 0.29) is 201 Å². The van der Waals surface area contributed by atoms with Crippen molar-refractivity contribution in [2.75, 3.05) is 152 Å². The van der Waals surface area contributed by atoms with Crippen LogP contribution in [0.3, 0.4) is 0 Å². The van der Waals surface area contributed by atoms with Crippen molar-refractivity contribution in [3.8, 4) is 0 Å². The number of hydrogen-bond acceptors (Lipinski definition) is 20. The van der Waals surface area contributed by atoms with Crippen LogP contribution in [0.5, 0.6) is 0 Å². The number of amides is 3. The minimum absolute atomic E-state index is 0.00757. The molecule has 9 rings (SSSR count). The number of likely N-dealkylation sites (N-methyl/N-ethyl adjacent to an activating group) is 3. The van der Waals surface area contributed by atoms with Crippen molar-refractivity contribution in [2.24, 2.45) is 0 Å². The number of carbonyl (C=O) groups excluding carboxylic acids is 4. The van der Waals surface area contributed by atoms with Crippen molar-refractivity contribution in [1.29, 1.82) is 0 Å². The molecule has 0 bridgehead atoms. The van der Waals surface area contributed by atoms with Gasteiger partial charge in [0.1, 0.15) is 5.78 Å². The molecule has 0 fully saturated rings. The molecule has 4 atom stereocenters. The summed E-state index contributed by atoms with van der Waals surface area (Å²) in [5.74, 6) is -3.55. The first-order chi connectivity index (χ1) is 55.9. The summed E-state index contributed by atoms with van der Waals surface area (Å²) in [4.78, 5) is 72.7. The molecule has 0 saturated heterocycles. The lowest BCUT2D eigenvalue weighted by molar-refractivity contribution is -0.139. The highest BCUT2D eigenvalue weighted by molar-refractivity contribution is 7.91. The molecule has 1 unspecified atom stereocenters. The van der Waals surface area contributed by atoms with Gasteiger partial charge >= 0.3 is 5.97 Å². The van der Waals surface area contributed by atoms with Crippen LogP contribution in [0.25, 0.3) is 0 Å². The maximum atomic E-state index is 13.6. The molecule has 0 aliphatic carbocycles. The quantitative estimate of drug-likeness (QED) is 0.0193. The van der Waals surface area contributed by atoms with Gasteiger partial charge in [-0.15, -0.1) is 0 Å². The summed E-state index contributed by atoms with van der Waals surface area (Å²) in [7, 11) is -5.57. The zero-order valence-electron chi connectivity index (χ0n) is 65.9. The van der Waals surface area contributed by atoms with E-state index in [0.29, 0.717) is 75.8 Å². The molecule has 0 spiro atoms. The third kappa shape index (κ3) is 29.7. The third-order valence-electron chi connectivity index (χ3n) is 20.5. The number of nitrogens with one attached hydrogen (secondary N) is 5. The molecule has 3 amide bonds. The Bertz CT molecular complexity index is 4310. The number of hydrogen-bond donors (Lipinski definition) is 6. The fraction of sp³-hybridized carbons (Fsp3) is 0.500. The number of carboxylic acid groups (broad SMARTS) is 1. The maximum absolute atomic E-state index is 13.6. The van der Waals surface area contributed by atoms with Crippen LogP contribution in [0.4, 0.5) is 0 Å². The number of Topliss-reactive ketones (excluding diaryl/α,β-unsaturated/α-hetero) is 1. The lowest BCUT2D eigenvalue weighted by atomic mass is 9.82. The van der Waals surface area contributed by atoms with Crippen molar-refractivity contribution in [2.45, 2.75) is 128 Å². The van der Waals surface area contributed by atoms with Crippen LogP contribution in [-0.2, 0) is 102 Å². The van der Waals surface area contributed by atoms with Gasteiger partial charge in [0.25, 0.3) is 0 Å². The van der Waals surface area contributed by atoms with Crippen LogP contribution in [-0.4, -0.2) is 232 Å². The minimum Gasteiger partial charge on any atom is -0.481 e. The summed E-state index contributed by atoms with van der Waals surface area (Å²) in [5.41, 5.74) is 6.82. The van der Waals surface area contributed by atoms with Crippen molar-refractivity contribution in [1.82, 2.24) is 40.1 Å². The van der Waals surface area contributed by atoms with E-state index in [9.17, 15) is 54.3 Å². The number of carboxylic acids is 1. The Morgan fingerprint density at radius 3 is 1.18 bits per heavy atom. The minimum atomic E-state index is -3.92. The Morgan fingerprint density at radius 1 is 0.419 bits per heavy atom. The second-order valence-corrected chi connectivity index (χ2v) is 37.7. The summed E-state index contributed by atoms with van der Waals surface area (Å²) in [6.45, 7) is 5.38. The molecule has 0 saturated carbocycles. The van der Waals surface area contributed by atoms with Crippen LogP contribution >= 0.6 is 69.6 Å². The zero-order valence-corrected chi connectivity index (χ0v) is 72.9. The van der Waals surface area contributed by atoms with E-state index < -0.39 is 72.0 Å². The van der Waals surface area contributed by atoms with Crippen molar-refractivity contribution in [3.05, 3.63) is 189 Å². The first-order valence-corrected chi connectivity index (χ1v) is 45.8. The first kappa shape index (κ1) is 94.9. The SMILES string of the molecule is CN1Cc2c(Cl)cc(Cl)cc2[C@H](c2cccc(S(=O)(=O)CCCOCCOCCNC(=O)CCC(CCC(=O)CCCOCCOCCNS(=O)(=O)c3cccc([C@@H]4CN(C)Cc5c(Cl)cc(Cl)cc54)c3)(CCC(=O)NCCOCCOCCNS(=O)(=O)c3cccc([C@@H]4CN(C)Cc5c(Cl)cc(Cl)cc54)c3)NC(=O)CCC(=O)O)c2)C1. The van der Waals surface area contributed by atoms with Gasteiger partial charge in [0.2, 0.25) is 37.8 Å². The second-order valence-electron chi connectivity index (χ2n) is 29.5. The average molecular weight is 1800 g/mol. The molecule has 35 heteroatoms. The fourth-order valence-electron chi connectivity index (χ4n) is 14.6. The van der Waals surface area contributed by atoms with E-state index in [1.807, 2.05) is 57.5 Å². The molecule has 0 radical (unpaired) electrons. The first-order valence-electron chi connectivity index (χ1n) is 38.9. The van der Waals surface area contributed by atoms with E-state index in [4.69, 9.17) is 98.0 Å². The highest BCUT2D eigenvalue weighted by atomic mass is 35.5. The number of benzene rings is 6. The summed E-state index contributed by atoms with van der Waals surface area (Å²) in [5, 5.41) is 21.2. The lowest BCUT2D eigenvalue weighted by Crippen LogP contribution is -2.50. The predicted octanol–water partition coefficient (Wildman–Crippen LogP) is 11.2. The maximum Gasteiger partial charge on any atom is 0.303 e. The van der Waals surface area contributed by atoms with Crippen molar-refractivity contribution >= 4 is 129 Å². The van der Waals surface area contributed by atoms with E-state index in [1.54, 1.807) is 60.7 Å². The molecule has 3 heterocycles. The molecule has 6 aromatic carbocycles. The molecule has 117 heavy (non-hydrogen) atoms. The van der Waals surface area contributed by atoms with Crippen LogP contribution in [0.15, 0.2) is 124 Å². The number of ether oxygens (including phenoxy) is 6. The van der Waals surface area contributed by atoms with Gasteiger partial charge in [-0.2, -0.15) is 0 Å². The van der Waals surface area contributed by atoms with E-state index in [2.05, 4.69) is 40.1 Å². The number of sulfone groups is 1. The molecule has 6 N–H and O–H groups in total. The topological polar surface area (TPSA) is 333 Å². The fourth-order valence-corrected chi connectivity index (χ4v) is 19.8. The summed E-state index contributed by atoms with van der Waals surface area (Å²) < 4.78 is 120. The number of fused-ring (bicyclic) bond motifs is 3. The average Bonchev–Trinajstić information content (AvgIpc) is 0.781. The number of ketones is 1. The summed E-state index contributed by atoms with van der Waals surface area (Å²) in [6, 6.07) is 31.3. The number of halogens is 6. The Labute approximate surface area is 716 Å². The number of aliphatic carboxylic acids is 1. The lowest BCUT2D eigenvalue weighted by Gasteiger charge is -2.35. The molecular formula is C82H104Cl6N8O18S3. The third-order valence-corrected chi connectivity index (χ3v) is 26.9. The summed E-state index contributed by atoms with van der Waals surface area (Å²) >= 11 is 38.9. The summed E-state index contributed by atoms with van der Waals surface area (Å²) in [6.07, 6.45) is -0.822. The standard InChI is InChI=1S/C82H104Cl6N8O18S3/c1-94-50-69(66-44-59(83)47-75(86)72(66)53-94)56-9-4-13-63(41-56)115(103,104)40-8-29-110-35-36-111-30-24-89-78(98)19-22-82(93-80(100)16-17-81(101)102,21-18-62(97)12-7-28-109-34-37-113-32-26-91-116(105,106)64-14-5-10-57(42-64)70-51-95(2)54-73-67(70)45-60(84)48-76(73)87)23-20-79(99)90-25-31-112-38-39-114-33-27-92-117(107,108)65-15-6-11-58(43-65)71-52-96(3)55-74-68(71)46-61(85)49-77(74)88/h4-6,9-11,13-15,41-49,69-71,91-92H,7-8,12,16-40,50-55H2,1-3H3,(H,89,98)(H,90,99)(H,93,100)(H,101,102)/t69-,70-,71-,82?/m0/s1. The number of carbonyl (C=O) groups is 5. The Kier molecular flexibility index (Phi) is 37.6. The Morgan fingerprint density at radius 2 is 0.778 bits per heavy atom. The van der Waals surface area contributed by atoms with Crippen molar-refractivity contribution < 1.29 is 82.8 Å². The van der Waals surface area contributed by atoms with Crippen molar-refractivity contribution in [3.63, 3.8) is 0 Å². The molecule has 0 aromatic heterocycles. The van der Waals surface area contributed by atoms with Gasteiger partial charge in [-0.3, -0.25) is 24.0 Å². The van der Waals surface area contributed by atoms with Crippen LogP contribution in [0.2, 0.25) is 30.1 Å². The van der Waals surface area contributed by atoms with Gasteiger partial charge in [0.15, 0.2) is 9.84 Å². The highest BCUT2D eigenvalue weighted by Gasteiger charge is 2.36. The van der Waals surface area contributed by atoms with Gasteiger partial charge in [-0.1, -0.05) is 106 Å². The molecule has 6 aromatic rings. The smallest absolute Gasteiger partial charge is 0.303 e. The van der Waals surface area contributed by atoms with E-state index in [1.165, 1.54) is 12.1 Å². The van der Waals surface area contributed by atoms with Gasteiger partial charge in [0, 0.05) is 164 Å². The van der Waals surface area contributed by atoms with Crippen LogP contribution in [0, 0.1) is 0 Å². The predicted molar refractivity (Wildman–Crippen MR) is 451 cm³/mol. The zero-order chi connectivity index (χ0) is 84.3. The Hall–Kier alpha value is -5.98. The number of rotatable bonds is 50. The molecule has 3 aliphatic heterocycles. The van der Waals surface area contributed by atoms with E-state index >= 15 is 0 Å². The molecule has 640 valence electrons. The largest absolute Gasteiger partial charge is 0.481 e. The van der Waals surface area contributed by atoms with E-state index in [0.717, 1.165) is 50.1 Å². The monoisotopic (exact) mass is 1790 g/mol. The number of nitrogens with zero attached hydrogens (tertiary/aromatic N) is 3. The van der Waals surface area contributed by atoms with Crippen LogP contribution in [0.1, 0.15) is 138 Å². The highest BCUT2D eigenvalue weighted by Crippen LogP contribution is 2.43. The molecule has 3 aliphatic rings. The van der Waals surface area contributed by atoms with Gasteiger partial charge in [-0.05, 0) is 176 Å².